The van der Waals surface area contributed by atoms with Crippen molar-refractivity contribution in [3.8, 4) is 0 Å². The average molecular weight is 308 g/mol. The fraction of sp³-hybridized carbons (Fsp3) is 0.538. The summed E-state index contributed by atoms with van der Waals surface area (Å²) in [5.41, 5.74) is -0.183. The van der Waals surface area contributed by atoms with Gasteiger partial charge in [-0.2, -0.15) is 13.2 Å². The van der Waals surface area contributed by atoms with Gasteiger partial charge in [0.2, 0.25) is 0 Å². The molecule has 0 unspecified atom stereocenters. The van der Waals surface area contributed by atoms with Gasteiger partial charge in [0.25, 0.3) is 0 Å². The van der Waals surface area contributed by atoms with E-state index in [1.165, 1.54) is 13.2 Å². The van der Waals surface area contributed by atoms with Gasteiger partial charge < -0.3 is 13.3 Å². The van der Waals surface area contributed by atoms with Gasteiger partial charge in [-0.3, -0.25) is 0 Å². The van der Waals surface area contributed by atoms with E-state index in [2.05, 4.69) is 0 Å². The molecule has 0 N–H and O–H groups in total. The zero-order chi connectivity index (χ0) is 15.2. The minimum Gasteiger partial charge on any atom is -0.377 e. The Kier molecular flexibility index (Phi) is 6.19. The van der Waals surface area contributed by atoms with Crippen LogP contribution in [0.5, 0.6) is 0 Å². The van der Waals surface area contributed by atoms with E-state index in [-0.39, 0.29) is 6.04 Å². The van der Waals surface area contributed by atoms with Gasteiger partial charge in [-0.15, -0.1) is 0 Å². The quantitative estimate of drug-likeness (QED) is 0.722. The van der Waals surface area contributed by atoms with Crippen LogP contribution in [0.25, 0.3) is 0 Å². The Morgan fingerprint density at radius 1 is 1.10 bits per heavy atom. The summed E-state index contributed by atoms with van der Waals surface area (Å²) in [6.07, 6.45) is -4.36. The predicted octanol–water partition coefficient (Wildman–Crippen LogP) is 3.45. The second-order valence-electron chi connectivity index (χ2n) is 4.13. The average Bonchev–Trinajstić information content (AvgIpc) is 2.38. The molecule has 0 heterocycles. The monoisotopic (exact) mass is 308 g/mol. The van der Waals surface area contributed by atoms with Crippen LogP contribution in [0.3, 0.4) is 0 Å². The molecule has 20 heavy (non-hydrogen) atoms. The van der Waals surface area contributed by atoms with Crippen LogP contribution in [0.4, 0.5) is 13.2 Å². The molecular formula is C13H19F3O3Si. The highest BCUT2D eigenvalue weighted by Gasteiger charge is 2.40. The van der Waals surface area contributed by atoms with Crippen molar-refractivity contribution in [2.24, 2.45) is 0 Å². The lowest BCUT2D eigenvalue weighted by atomic mass is 10.1. The SMILES string of the molecule is CCO[Si](Cc1cccc(C(F)(F)F)c1)(OC)OCC. The summed E-state index contributed by atoms with van der Waals surface area (Å²) in [7, 11) is -1.50. The van der Waals surface area contributed by atoms with Crippen LogP contribution in [-0.4, -0.2) is 29.1 Å². The van der Waals surface area contributed by atoms with Gasteiger partial charge >= 0.3 is 15.0 Å². The Labute approximate surface area is 118 Å². The Balaban J connectivity index is 2.99. The molecule has 0 bridgehead atoms. The molecule has 0 saturated heterocycles. The van der Waals surface area contributed by atoms with E-state index in [0.29, 0.717) is 18.8 Å². The Morgan fingerprint density at radius 2 is 1.70 bits per heavy atom. The van der Waals surface area contributed by atoms with Crippen LogP contribution < -0.4 is 0 Å². The van der Waals surface area contributed by atoms with E-state index in [0.717, 1.165) is 12.1 Å². The number of hydrogen-bond acceptors (Lipinski definition) is 3. The molecule has 0 radical (unpaired) electrons. The molecule has 0 fully saturated rings. The van der Waals surface area contributed by atoms with E-state index >= 15 is 0 Å². The molecule has 0 aromatic heterocycles. The van der Waals surface area contributed by atoms with Crippen molar-refractivity contribution < 1.29 is 26.4 Å². The van der Waals surface area contributed by atoms with Gasteiger partial charge in [0.05, 0.1) is 5.56 Å². The summed E-state index contributed by atoms with van der Waals surface area (Å²) in [6, 6.07) is 5.37. The zero-order valence-corrected chi connectivity index (χ0v) is 12.8. The van der Waals surface area contributed by atoms with E-state index in [4.69, 9.17) is 13.3 Å². The molecule has 0 aliphatic heterocycles. The molecule has 0 aliphatic carbocycles. The molecule has 1 aromatic rings. The smallest absolute Gasteiger partial charge is 0.377 e. The summed E-state index contributed by atoms with van der Waals surface area (Å²) in [4.78, 5) is 0. The van der Waals surface area contributed by atoms with Crippen molar-refractivity contribution in [3.63, 3.8) is 0 Å². The first-order valence-corrected chi connectivity index (χ1v) is 8.29. The number of alkyl halides is 3. The van der Waals surface area contributed by atoms with Gasteiger partial charge in [-0.25, -0.2) is 0 Å². The molecule has 0 amide bonds. The third kappa shape index (κ3) is 4.59. The highest BCUT2D eigenvalue weighted by molar-refractivity contribution is 6.60. The van der Waals surface area contributed by atoms with Crippen LogP contribution in [0.15, 0.2) is 24.3 Å². The molecule has 114 valence electrons. The van der Waals surface area contributed by atoms with Gasteiger partial charge in [0, 0.05) is 26.4 Å². The van der Waals surface area contributed by atoms with Crippen LogP contribution in [0, 0.1) is 0 Å². The highest BCUT2D eigenvalue weighted by atomic mass is 28.4. The third-order valence-electron chi connectivity index (χ3n) is 2.71. The molecule has 0 spiro atoms. The first-order chi connectivity index (χ1) is 9.37. The van der Waals surface area contributed by atoms with Crippen molar-refractivity contribution in [1.82, 2.24) is 0 Å². The lowest BCUT2D eigenvalue weighted by Gasteiger charge is -2.27. The number of halogens is 3. The molecule has 1 aromatic carbocycles. The van der Waals surface area contributed by atoms with E-state index < -0.39 is 20.5 Å². The fourth-order valence-corrected chi connectivity index (χ4v) is 4.15. The Hall–Kier alpha value is -0.893. The molecule has 1 rings (SSSR count). The molecular weight excluding hydrogens is 289 g/mol. The standard InChI is InChI=1S/C13H19F3O3Si/c1-4-18-20(17-3,19-5-2)10-11-7-6-8-12(9-11)13(14,15)16/h6-9H,4-5,10H2,1-3H3. The van der Waals surface area contributed by atoms with Gasteiger partial charge in [0.1, 0.15) is 0 Å². The summed E-state index contributed by atoms with van der Waals surface area (Å²) in [5, 5.41) is 0. The Morgan fingerprint density at radius 3 is 2.15 bits per heavy atom. The maximum atomic E-state index is 12.7. The maximum Gasteiger partial charge on any atom is 0.505 e. The van der Waals surface area contributed by atoms with Crippen molar-refractivity contribution >= 4 is 8.80 Å². The minimum absolute atomic E-state index is 0.217. The van der Waals surface area contributed by atoms with Crippen LogP contribution in [0.1, 0.15) is 25.0 Å². The molecule has 0 atom stereocenters. The number of hydrogen-bond donors (Lipinski definition) is 0. The zero-order valence-electron chi connectivity index (χ0n) is 11.8. The van der Waals surface area contributed by atoms with Gasteiger partial charge in [0.15, 0.2) is 0 Å². The first-order valence-electron chi connectivity index (χ1n) is 6.36. The van der Waals surface area contributed by atoms with Gasteiger partial charge in [-0.1, -0.05) is 18.2 Å². The maximum absolute atomic E-state index is 12.7. The van der Waals surface area contributed by atoms with E-state index in [1.54, 1.807) is 19.9 Å². The second-order valence-corrected chi connectivity index (χ2v) is 6.83. The molecule has 0 aliphatic rings. The molecule has 7 heteroatoms. The third-order valence-corrected chi connectivity index (χ3v) is 5.63. The van der Waals surface area contributed by atoms with E-state index in [1.807, 2.05) is 0 Å². The van der Waals surface area contributed by atoms with Crippen molar-refractivity contribution in [3.05, 3.63) is 35.4 Å². The van der Waals surface area contributed by atoms with Crippen LogP contribution in [0.2, 0.25) is 0 Å². The number of benzene rings is 1. The molecule has 0 saturated carbocycles. The molecule has 3 nitrogen and oxygen atoms in total. The van der Waals surface area contributed by atoms with Crippen LogP contribution >= 0.6 is 0 Å². The van der Waals surface area contributed by atoms with Crippen LogP contribution in [-0.2, 0) is 25.5 Å². The first kappa shape index (κ1) is 17.2. The summed E-state index contributed by atoms with van der Waals surface area (Å²) in [6.45, 7) is 4.37. The van der Waals surface area contributed by atoms with Crippen molar-refractivity contribution in [2.75, 3.05) is 20.3 Å². The summed E-state index contributed by atoms with van der Waals surface area (Å²) >= 11 is 0. The lowest BCUT2D eigenvalue weighted by molar-refractivity contribution is -0.137. The highest BCUT2D eigenvalue weighted by Crippen LogP contribution is 2.30. The Bertz CT molecular complexity index is 418. The van der Waals surface area contributed by atoms with E-state index in [9.17, 15) is 13.2 Å². The predicted molar refractivity (Wildman–Crippen MR) is 71.2 cm³/mol. The van der Waals surface area contributed by atoms with Gasteiger partial charge in [-0.05, 0) is 25.5 Å². The van der Waals surface area contributed by atoms with Crippen molar-refractivity contribution in [2.45, 2.75) is 26.1 Å². The topological polar surface area (TPSA) is 27.7 Å². The summed E-state index contributed by atoms with van der Waals surface area (Å²) in [5.74, 6) is 0. The van der Waals surface area contributed by atoms with Crippen molar-refractivity contribution in [1.29, 1.82) is 0 Å². The number of rotatable bonds is 7. The fourth-order valence-electron chi connectivity index (χ4n) is 1.88. The normalized spacial score (nSPS) is 12.7. The minimum atomic E-state index is -4.36. The largest absolute Gasteiger partial charge is 0.505 e. The summed E-state index contributed by atoms with van der Waals surface area (Å²) < 4.78 is 54.6. The second kappa shape index (κ2) is 7.21. The lowest BCUT2D eigenvalue weighted by Crippen LogP contribution is -2.47.